The molecule has 0 aliphatic heterocycles. The summed E-state index contributed by atoms with van der Waals surface area (Å²) < 4.78 is 0. The number of carbonyl (C=O) groups is 1. The van der Waals surface area contributed by atoms with Gasteiger partial charge >= 0.3 is 0 Å². The highest BCUT2D eigenvalue weighted by Gasteiger charge is 2.00. The van der Waals surface area contributed by atoms with Gasteiger partial charge in [-0.25, -0.2) is 0 Å². The Morgan fingerprint density at radius 2 is 1.77 bits per heavy atom. The summed E-state index contributed by atoms with van der Waals surface area (Å²) in [6.45, 7) is 6.04. The maximum absolute atomic E-state index is 10.8. The molecule has 0 spiro atoms. The molecule has 0 atom stereocenters. The average Bonchev–Trinajstić information content (AvgIpc) is 2.04. The first-order valence-corrected chi connectivity index (χ1v) is 7.10. The molecule has 0 saturated heterocycles. The summed E-state index contributed by atoms with van der Waals surface area (Å²) in [5.74, 6) is 0. The molecule has 0 aromatic heterocycles. The van der Waals surface area contributed by atoms with Crippen molar-refractivity contribution in [2.24, 2.45) is 0 Å². The Morgan fingerprint density at radius 1 is 1.23 bits per heavy atom. The number of hydrogen-bond donors (Lipinski definition) is 0. The van der Waals surface area contributed by atoms with E-state index in [-0.39, 0.29) is 13.0 Å². The molecule has 1 rings (SSSR count). The Balaban J connectivity index is 2.75. The molecule has 1 nitrogen and oxygen atoms in total. The topological polar surface area (TPSA) is 17.1 Å². The van der Waals surface area contributed by atoms with Gasteiger partial charge in [0.2, 0.25) is 0 Å². The molecule has 0 heterocycles. The molecule has 70 valence electrons. The second-order valence-electron chi connectivity index (χ2n) is 2.98. The van der Waals surface area contributed by atoms with E-state index in [2.05, 4.69) is 25.5 Å². The molecular formula is C10H13OPS. The van der Waals surface area contributed by atoms with E-state index in [9.17, 15) is 4.79 Å². The van der Waals surface area contributed by atoms with Crippen molar-refractivity contribution in [3.8, 4) is 0 Å². The van der Waals surface area contributed by atoms with E-state index >= 15 is 0 Å². The monoisotopic (exact) mass is 212 g/mol. The third-order valence-corrected chi connectivity index (χ3v) is 3.74. The Bertz CT molecular complexity index is 292. The van der Waals surface area contributed by atoms with Crippen LogP contribution in [0.5, 0.6) is 0 Å². The van der Waals surface area contributed by atoms with Crippen molar-refractivity contribution < 1.29 is 4.79 Å². The lowest BCUT2D eigenvalue weighted by molar-refractivity contribution is -0.109. The van der Waals surface area contributed by atoms with Crippen LogP contribution < -0.4 is 5.30 Å². The molecule has 0 aliphatic rings. The van der Waals surface area contributed by atoms with Gasteiger partial charge in [0, 0.05) is 11.8 Å². The predicted octanol–water partition coefficient (Wildman–Crippen LogP) is 2.69. The smallest absolute Gasteiger partial charge is 0.190 e. The summed E-state index contributed by atoms with van der Waals surface area (Å²) in [6.07, 6.45) is 0. The summed E-state index contributed by atoms with van der Waals surface area (Å²) in [5.41, 5.74) is 0. The lowest BCUT2D eigenvalue weighted by atomic mass is 10.4. The van der Waals surface area contributed by atoms with Gasteiger partial charge in [-0.2, -0.15) is 0 Å². The highest BCUT2D eigenvalue weighted by atomic mass is 32.2. The molecular weight excluding hydrogens is 199 g/mol. The fourth-order valence-corrected chi connectivity index (χ4v) is 2.33. The van der Waals surface area contributed by atoms with Gasteiger partial charge in [-0.3, -0.25) is 4.79 Å². The third-order valence-electron chi connectivity index (χ3n) is 1.61. The molecule has 0 unspecified atom stereocenters. The van der Waals surface area contributed by atoms with Crippen molar-refractivity contribution in [1.29, 1.82) is 0 Å². The van der Waals surface area contributed by atoms with Gasteiger partial charge < -0.3 is 0 Å². The first kappa shape index (κ1) is 10.7. The van der Waals surface area contributed by atoms with Crippen molar-refractivity contribution in [2.75, 3.05) is 13.3 Å². The van der Waals surface area contributed by atoms with Crippen LogP contribution in [0.25, 0.3) is 0 Å². The van der Waals surface area contributed by atoms with Crippen LogP contribution in [0.2, 0.25) is 0 Å². The van der Waals surface area contributed by atoms with Crippen molar-refractivity contribution in [2.45, 2.75) is 11.8 Å². The molecule has 0 amide bonds. The lowest BCUT2D eigenvalue weighted by Crippen LogP contribution is -1.97. The SMILES string of the molecule is CC(=O)Sc1ccc(P(C)C)cc1. The summed E-state index contributed by atoms with van der Waals surface area (Å²) in [7, 11) is -0.0225. The summed E-state index contributed by atoms with van der Waals surface area (Å²) in [5, 5.41) is 1.52. The zero-order valence-electron chi connectivity index (χ0n) is 8.07. The highest BCUT2D eigenvalue weighted by Crippen LogP contribution is 2.25. The van der Waals surface area contributed by atoms with Crippen LogP contribution in [-0.2, 0) is 4.79 Å². The van der Waals surface area contributed by atoms with E-state index in [1.54, 1.807) is 6.92 Å². The van der Waals surface area contributed by atoms with E-state index in [0.29, 0.717) is 0 Å². The van der Waals surface area contributed by atoms with Gasteiger partial charge in [-0.1, -0.05) is 31.8 Å². The molecule has 0 N–H and O–H groups in total. The number of benzene rings is 1. The van der Waals surface area contributed by atoms with Crippen LogP contribution in [0, 0.1) is 0 Å². The lowest BCUT2D eigenvalue weighted by Gasteiger charge is -2.05. The first-order valence-electron chi connectivity index (χ1n) is 4.05. The standard InChI is InChI=1S/C10H13OPS/c1-8(11)13-10-6-4-9(5-7-10)12(2)3/h4-7H,1-3H3. The fourth-order valence-electron chi connectivity index (χ4n) is 0.978. The maximum Gasteiger partial charge on any atom is 0.190 e. The second-order valence-corrected chi connectivity index (χ2v) is 6.54. The van der Waals surface area contributed by atoms with Gasteiger partial charge in [0.05, 0.1) is 0 Å². The minimum atomic E-state index is -0.0225. The van der Waals surface area contributed by atoms with E-state index in [4.69, 9.17) is 0 Å². The summed E-state index contributed by atoms with van der Waals surface area (Å²) in [4.78, 5) is 11.8. The van der Waals surface area contributed by atoms with Gasteiger partial charge in [-0.15, -0.1) is 0 Å². The molecule has 0 saturated carbocycles. The Hall–Kier alpha value is -0.330. The highest BCUT2D eigenvalue weighted by molar-refractivity contribution is 8.13. The zero-order valence-corrected chi connectivity index (χ0v) is 9.78. The largest absolute Gasteiger partial charge is 0.287 e. The van der Waals surface area contributed by atoms with Crippen LogP contribution in [0.1, 0.15) is 6.92 Å². The molecule has 0 aliphatic carbocycles. The van der Waals surface area contributed by atoms with Crippen molar-refractivity contribution in [3.05, 3.63) is 24.3 Å². The van der Waals surface area contributed by atoms with Crippen molar-refractivity contribution in [1.82, 2.24) is 0 Å². The van der Waals surface area contributed by atoms with Crippen LogP contribution in [-0.4, -0.2) is 18.4 Å². The summed E-state index contributed by atoms with van der Waals surface area (Å²) >= 11 is 1.29. The number of thioether (sulfide) groups is 1. The molecule has 13 heavy (non-hydrogen) atoms. The average molecular weight is 212 g/mol. The number of carbonyl (C=O) groups excluding carboxylic acids is 1. The van der Waals surface area contributed by atoms with Crippen LogP contribution >= 0.6 is 19.7 Å². The minimum absolute atomic E-state index is 0.0225. The van der Waals surface area contributed by atoms with Crippen molar-refractivity contribution in [3.63, 3.8) is 0 Å². The van der Waals surface area contributed by atoms with E-state index in [0.717, 1.165) is 4.90 Å². The normalized spacial score (nSPS) is 10.5. The third kappa shape index (κ3) is 3.50. The molecule has 1 aromatic carbocycles. The van der Waals surface area contributed by atoms with Gasteiger partial charge in [0.1, 0.15) is 0 Å². The first-order chi connectivity index (χ1) is 6.09. The van der Waals surface area contributed by atoms with E-state index in [1.807, 2.05) is 12.1 Å². The molecule has 0 bridgehead atoms. The fraction of sp³-hybridized carbons (Fsp3) is 0.300. The molecule has 0 radical (unpaired) electrons. The number of hydrogen-bond acceptors (Lipinski definition) is 2. The number of rotatable bonds is 2. The van der Waals surface area contributed by atoms with E-state index in [1.165, 1.54) is 17.1 Å². The Labute approximate surface area is 84.7 Å². The molecule has 3 heteroatoms. The molecule has 1 aromatic rings. The Morgan fingerprint density at radius 3 is 2.15 bits per heavy atom. The quantitative estimate of drug-likeness (QED) is 0.554. The van der Waals surface area contributed by atoms with Crippen LogP contribution in [0.15, 0.2) is 29.2 Å². The van der Waals surface area contributed by atoms with E-state index < -0.39 is 0 Å². The van der Waals surface area contributed by atoms with Gasteiger partial charge in [0.15, 0.2) is 5.12 Å². The van der Waals surface area contributed by atoms with Crippen LogP contribution in [0.4, 0.5) is 0 Å². The predicted molar refractivity (Wildman–Crippen MR) is 61.4 cm³/mol. The Kier molecular flexibility index (Phi) is 3.95. The van der Waals surface area contributed by atoms with Gasteiger partial charge in [-0.05, 0) is 30.8 Å². The maximum atomic E-state index is 10.8. The second kappa shape index (κ2) is 4.78. The summed E-state index contributed by atoms with van der Waals surface area (Å²) in [6, 6.07) is 8.25. The molecule has 0 fully saturated rings. The van der Waals surface area contributed by atoms with Crippen molar-refractivity contribution >= 4 is 30.1 Å². The van der Waals surface area contributed by atoms with Gasteiger partial charge in [0.25, 0.3) is 0 Å². The van der Waals surface area contributed by atoms with Crippen LogP contribution in [0.3, 0.4) is 0 Å². The zero-order chi connectivity index (χ0) is 9.84. The minimum Gasteiger partial charge on any atom is -0.287 e.